The molecule has 0 aliphatic rings. The third-order valence-corrected chi connectivity index (χ3v) is 6.33. The fraction of sp³-hybridized carbons (Fsp3) is 0.111. The van der Waals surface area contributed by atoms with Crippen LogP contribution in [0.15, 0.2) is 52.9 Å². The molecule has 0 unspecified atom stereocenters. The summed E-state index contributed by atoms with van der Waals surface area (Å²) in [5, 5.41) is 8.01. The van der Waals surface area contributed by atoms with Gasteiger partial charge in [-0.2, -0.15) is 18.3 Å². The number of aromatic nitrogens is 4. The van der Waals surface area contributed by atoms with E-state index in [2.05, 4.69) is 25.1 Å². The lowest BCUT2D eigenvalue weighted by atomic mass is 10.3. The van der Waals surface area contributed by atoms with E-state index in [1.54, 1.807) is 5.38 Å². The van der Waals surface area contributed by atoms with Crippen molar-refractivity contribution < 1.29 is 26.4 Å². The molecule has 2 N–H and O–H groups in total. The van der Waals surface area contributed by atoms with Crippen LogP contribution in [0.1, 0.15) is 21.9 Å². The van der Waals surface area contributed by atoms with Crippen molar-refractivity contribution in [3.05, 3.63) is 65.1 Å². The first kappa shape index (κ1) is 21.7. The van der Waals surface area contributed by atoms with Gasteiger partial charge < -0.3 is 5.32 Å². The van der Waals surface area contributed by atoms with Gasteiger partial charge in [0.1, 0.15) is 5.69 Å². The minimum atomic E-state index is -4.68. The van der Waals surface area contributed by atoms with E-state index in [4.69, 9.17) is 0 Å². The number of carbonyl (C=O) groups excluding carboxylic acids is 1. The van der Waals surface area contributed by atoms with E-state index in [-0.39, 0.29) is 32.7 Å². The molecule has 14 heteroatoms. The van der Waals surface area contributed by atoms with Crippen molar-refractivity contribution in [2.45, 2.75) is 18.0 Å². The zero-order chi connectivity index (χ0) is 23.1. The van der Waals surface area contributed by atoms with Crippen LogP contribution < -0.4 is 10.0 Å². The number of alkyl halides is 3. The number of hydrogen-bond donors (Lipinski definition) is 2. The van der Waals surface area contributed by atoms with Crippen molar-refractivity contribution in [3.63, 3.8) is 0 Å². The van der Waals surface area contributed by atoms with Crippen molar-refractivity contribution >= 4 is 43.7 Å². The lowest BCUT2D eigenvalue weighted by molar-refractivity contribution is -0.142. The summed E-state index contributed by atoms with van der Waals surface area (Å²) in [7, 11) is -3.87. The molecule has 9 nitrogen and oxygen atoms in total. The Labute approximate surface area is 183 Å². The van der Waals surface area contributed by atoms with Crippen molar-refractivity contribution in [1.29, 1.82) is 0 Å². The van der Waals surface area contributed by atoms with E-state index in [0.717, 1.165) is 23.5 Å². The molecule has 0 fully saturated rings. The van der Waals surface area contributed by atoms with E-state index in [1.165, 1.54) is 37.4 Å². The van der Waals surface area contributed by atoms with Crippen LogP contribution in [0.5, 0.6) is 0 Å². The van der Waals surface area contributed by atoms with E-state index in [0.29, 0.717) is 4.52 Å². The predicted molar refractivity (Wildman–Crippen MR) is 110 cm³/mol. The second kappa shape index (κ2) is 7.87. The molecule has 0 bridgehead atoms. The number of fused-ring (bicyclic) bond motifs is 1. The van der Waals surface area contributed by atoms with Gasteiger partial charge in [0, 0.05) is 29.0 Å². The summed E-state index contributed by atoms with van der Waals surface area (Å²) < 4.78 is 67.4. The van der Waals surface area contributed by atoms with E-state index >= 15 is 0 Å². The van der Waals surface area contributed by atoms with Gasteiger partial charge in [0.25, 0.3) is 15.9 Å². The molecule has 0 atom stereocenters. The van der Waals surface area contributed by atoms with Gasteiger partial charge in [-0.3, -0.25) is 9.52 Å². The maximum absolute atomic E-state index is 13.3. The Morgan fingerprint density at radius 1 is 1.16 bits per heavy atom. The second-order valence-electron chi connectivity index (χ2n) is 6.50. The summed E-state index contributed by atoms with van der Waals surface area (Å²) in [6.45, 7) is 1.40. The quantitative estimate of drug-likeness (QED) is 0.449. The highest BCUT2D eigenvalue weighted by Gasteiger charge is 2.35. The second-order valence-corrected chi connectivity index (χ2v) is 9.08. The largest absolute Gasteiger partial charge is 0.433 e. The Kier molecular flexibility index (Phi) is 5.34. The lowest BCUT2D eigenvalue weighted by Crippen LogP contribution is -2.16. The average Bonchev–Trinajstić information content (AvgIpc) is 3.36. The summed E-state index contributed by atoms with van der Waals surface area (Å²) in [4.78, 5) is 20.2. The molecule has 4 rings (SSSR count). The third-order valence-electron chi connectivity index (χ3n) is 4.15. The molecular weight excluding hydrogens is 469 g/mol. The topological polar surface area (TPSA) is 118 Å². The zero-order valence-corrected chi connectivity index (χ0v) is 17.7. The van der Waals surface area contributed by atoms with Gasteiger partial charge in [-0.1, -0.05) is 0 Å². The minimum Gasteiger partial charge on any atom is -0.321 e. The van der Waals surface area contributed by atoms with Crippen LogP contribution in [0.3, 0.4) is 0 Å². The number of nitrogens with zero attached hydrogens (tertiary/aromatic N) is 4. The first-order valence-electron chi connectivity index (χ1n) is 8.81. The SMILES string of the molecule is Cc1cc(C(F)(F)F)n2nc(C(=O)Nc3ccc(S(=O)(=O)Nc4nccs4)cc3)cc2n1. The third kappa shape index (κ3) is 4.40. The van der Waals surface area contributed by atoms with Gasteiger partial charge in [-0.25, -0.2) is 22.9 Å². The highest BCUT2D eigenvalue weighted by Crippen LogP contribution is 2.30. The summed E-state index contributed by atoms with van der Waals surface area (Å²) in [5.74, 6) is -0.780. The highest BCUT2D eigenvalue weighted by atomic mass is 32.2. The van der Waals surface area contributed by atoms with Crippen LogP contribution in [0.2, 0.25) is 0 Å². The van der Waals surface area contributed by atoms with Crippen molar-refractivity contribution in [1.82, 2.24) is 19.6 Å². The predicted octanol–water partition coefficient (Wildman–Crippen LogP) is 3.57. The smallest absolute Gasteiger partial charge is 0.321 e. The number of carbonyl (C=O) groups is 1. The van der Waals surface area contributed by atoms with Crippen LogP contribution in [0, 0.1) is 6.92 Å². The Hall–Kier alpha value is -3.52. The van der Waals surface area contributed by atoms with Gasteiger partial charge in [-0.05, 0) is 37.3 Å². The molecule has 0 saturated carbocycles. The maximum atomic E-state index is 13.3. The van der Waals surface area contributed by atoms with Crippen molar-refractivity contribution in [3.8, 4) is 0 Å². The molecule has 0 saturated heterocycles. The van der Waals surface area contributed by atoms with Gasteiger partial charge in [0.2, 0.25) is 0 Å². The number of benzene rings is 1. The number of thiazole rings is 1. The van der Waals surface area contributed by atoms with E-state index < -0.39 is 27.8 Å². The molecule has 1 aromatic carbocycles. The number of hydrogen-bond acceptors (Lipinski definition) is 7. The summed E-state index contributed by atoms with van der Waals surface area (Å²) >= 11 is 1.12. The Balaban J connectivity index is 1.55. The zero-order valence-electron chi connectivity index (χ0n) is 16.1. The monoisotopic (exact) mass is 482 g/mol. The number of amides is 1. The summed E-state index contributed by atoms with van der Waals surface area (Å²) in [6.07, 6.45) is -3.23. The molecule has 0 radical (unpaired) electrons. The number of rotatable bonds is 5. The van der Waals surface area contributed by atoms with Gasteiger partial charge in [0.05, 0.1) is 4.90 Å². The Morgan fingerprint density at radius 3 is 2.50 bits per heavy atom. The number of sulfonamides is 1. The summed E-state index contributed by atoms with van der Waals surface area (Å²) in [5.41, 5.74) is -1.12. The summed E-state index contributed by atoms with van der Waals surface area (Å²) in [6, 6.07) is 7.18. The molecule has 1 amide bonds. The van der Waals surface area contributed by atoms with Gasteiger partial charge in [-0.15, -0.1) is 11.3 Å². The number of anilines is 2. The average molecular weight is 482 g/mol. The fourth-order valence-corrected chi connectivity index (χ4v) is 4.56. The molecule has 0 spiro atoms. The molecule has 4 aromatic rings. The van der Waals surface area contributed by atoms with Gasteiger partial charge in [0.15, 0.2) is 16.5 Å². The minimum absolute atomic E-state index is 0.0621. The molecule has 3 heterocycles. The van der Waals surface area contributed by atoms with E-state index in [9.17, 15) is 26.4 Å². The first-order chi connectivity index (χ1) is 15.0. The molecular formula is C18H13F3N6O3S2. The van der Waals surface area contributed by atoms with Crippen LogP contribution in [-0.4, -0.2) is 33.9 Å². The van der Waals surface area contributed by atoms with Gasteiger partial charge >= 0.3 is 6.18 Å². The standard InChI is InChI=1S/C18H13F3N6O3S2/c1-10-8-14(18(19,20)21)27-15(23-10)9-13(25-27)16(28)24-11-2-4-12(5-3-11)32(29,30)26-17-22-6-7-31-17/h2-9H,1H3,(H,22,26)(H,24,28). The number of nitrogens with one attached hydrogen (secondary N) is 2. The lowest BCUT2D eigenvalue weighted by Gasteiger charge is -2.09. The molecule has 32 heavy (non-hydrogen) atoms. The van der Waals surface area contributed by atoms with Crippen molar-refractivity contribution in [2.24, 2.45) is 0 Å². The normalized spacial score (nSPS) is 12.1. The van der Waals surface area contributed by atoms with Crippen LogP contribution in [0.25, 0.3) is 5.65 Å². The van der Waals surface area contributed by atoms with Crippen LogP contribution >= 0.6 is 11.3 Å². The first-order valence-corrected chi connectivity index (χ1v) is 11.2. The Morgan fingerprint density at radius 2 is 1.88 bits per heavy atom. The molecule has 0 aliphatic carbocycles. The fourth-order valence-electron chi connectivity index (χ4n) is 2.77. The van der Waals surface area contributed by atoms with Crippen LogP contribution in [0.4, 0.5) is 24.0 Å². The Bertz CT molecular complexity index is 1400. The molecule has 3 aromatic heterocycles. The highest BCUT2D eigenvalue weighted by molar-refractivity contribution is 7.93. The van der Waals surface area contributed by atoms with Crippen LogP contribution in [-0.2, 0) is 16.2 Å². The van der Waals surface area contributed by atoms with E-state index in [1.807, 2.05) is 0 Å². The molecule has 166 valence electrons. The molecule has 0 aliphatic heterocycles. The number of halogens is 3. The van der Waals surface area contributed by atoms with Crippen molar-refractivity contribution in [2.75, 3.05) is 10.0 Å². The maximum Gasteiger partial charge on any atom is 0.433 e. The number of aryl methyl sites for hydroxylation is 1.